The zero-order valence-electron chi connectivity index (χ0n) is 10.2. The highest BCUT2D eigenvalue weighted by molar-refractivity contribution is 8.00. The fraction of sp³-hybridized carbons (Fsp3) is 0.462. The molecule has 0 spiro atoms. The molecule has 0 unspecified atom stereocenters. The molecule has 0 aromatic heterocycles. The van der Waals surface area contributed by atoms with Gasteiger partial charge in [0.25, 0.3) is 0 Å². The molecule has 1 heterocycles. The van der Waals surface area contributed by atoms with E-state index in [-0.39, 0.29) is 11.9 Å². The second-order valence-corrected chi connectivity index (χ2v) is 5.30. The van der Waals surface area contributed by atoms with Crippen LogP contribution >= 0.6 is 11.8 Å². The maximum atomic E-state index is 11.8. The SMILES string of the molecule is Nc1ccccc1SCC(=O)NC1CCOCC1. The molecule has 18 heavy (non-hydrogen) atoms. The Hall–Kier alpha value is -1.20. The van der Waals surface area contributed by atoms with Crippen molar-refractivity contribution in [2.45, 2.75) is 23.8 Å². The van der Waals surface area contributed by atoms with Crippen LogP contribution in [0.1, 0.15) is 12.8 Å². The topological polar surface area (TPSA) is 64.4 Å². The number of nitrogen functional groups attached to an aromatic ring is 1. The van der Waals surface area contributed by atoms with E-state index in [9.17, 15) is 4.79 Å². The molecule has 0 bridgehead atoms. The fourth-order valence-corrected chi connectivity index (χ4v) is 2.65. The largest absolute Gasteiger partial charge is 0.398 e. The molecular formula is C13H18N2O2S. The quantitative estimate of drug-likeness (QED) is 0.642. The number of rotatable bonds is 4. The number of benzene rings is 1. The number of carbonyl (C=O) groups excluding carboxylic acids is 1. The minimum absolute atomic E-state index is 0.0650. The predicted octanol–water partition coefficient (Wildman–Crippen LogP) is 1.66. The normalized spacial score (nSPS) is 16.4. The molecule has 1 aliphatic rings. The Morgan fingerprint density at radius 1 is 1.39 bits per heavy atom. The van der Waals surface area contributed by atoms with Crippen LogP contribution in [-0.4, -0.2) is 30.9 Å². The lowest BCUT2D eigenvalue weighted by molar-refractivity contribution is -0.119. The van der Waals surface area contributed by atoms with Crippen LogP contribution in [0, 0.1) is 0 Å². The molecule has 1 aromatic carbocycles. The molecule has 0 aliphatic carbocycles. The maximum Gasteiger partial charge on any atom is 0.230 e. The number of para-hydroxylation sites is 1. The summed E-state index contributed by atoms with van der Waals surface area (Å²) in [5, 5.41) is 3.03. The summed E-state index contributed by atoms with van der Waals surface area (Å²) in [7, 11) is 0. The summed E-state index contributed by atoms with van der Waals surface area (Å²) in [6, 6.07) is 7.86. The summed E-state index contributed by atoms with van der Waals surface area (Å²) in [6.45, 7) is 1.48. The zero-order chi connectivity index (χ0) is 12.8. The third kappa shape index (κ3) is 3.92. The zero-order valence-corrected chi connectivity index (χ0v) is 11.0. The molecule has 1 aromatic rings. The Morgan fingerprint density at radius 3 is 2.83 bits per heavy atom. The lowest BCUT2D eigenvalue weighted by Gasteiger charge is -2.23. The molecule has 1 fully saturated rings. The Bertz CT molecular complexity index is 406. The highest BCUT2D eigenvalue weighted by Gasteiger charge is 2.16. The summed E-state index contributed by atoms with van der Waals surface area (Å²) >= 11 is 1.48. The lowest BCUT2D eigenvalue weighted by atomic mass is 10.1. The number of hydrogen-bond donors (Lipinski definition) is 2. The van der Waals surface area contributed by atoms with Gasteiger partial charge < -0.3 is 15.8 Å². The molecule has 1 aliphatic heterocycles. The van der Waals surface area contributed by atoms with Crippen molar-refractivity contribution in [1.29, 1.82) is 0 Å². The van der Waals surface area contributed by atoms with Crippen LogP contribution in [0.25, 0.3) is 0 Å². The smallest absolute Gasteiger partial charge is 0.230 e. The van der Waals surface area contributed by atoms with Gasteiger partial charge in [-0.15, -0.1) is 11.8 Å². The second kappa shape index (κ2) is 6.66. The van der Waals surface area contributed by atoms with E-state index in [2.05, 4.69) is 5.32 Å². The van der Waals surface area contributed by atoms with Gasteiger partial charge in [0, 0.05) is 29.8 Å². The Labute approximate surface area is 111 Å². The lowest BCUT2D eigenvalue weighted by Crippen LogP contribution is -2.39. The van der Waals surface area contributed by atoms with Crippen molar-refractivity contribution in [2.75, 3.05) is 24.7 Å². The average Bonchev–Trinajstić information content (AvgIpc) is 2.39. The molecule has 2 rings (SSSR count). The Kier molecular flexibility index (Phi) is 4.90. The summed E-state index contributed by atoms with van der Waals surface area (Å²) in [6.07, 6.45) is 1.81. The van der Waals surface area contributed by atoms with E-state index >= 15 is 0 Å². The number of nitrogens with one attached hydrogen (secondary N) is 1. The van der Waals surface area contributed by atoms with E-state index in [1.54, 1.807) is 0 Å². The number of anilines is 1. The molecule has 4 nitrogen and oxygen atoms in total. The van der Waals surface area contributed by atoms with Crippen LogP contribution in [-0.2, 0) is 9.53 Å². The monoisotopic (exact) mass is 266 g/mol. The van der Waals surface area contributed by atoms with Crippen molar-refractivity contribution >= 4 is 23.4 Å². The minimum Gasteiger partial charge on any atom is -0.398 e. The van der Waals surface area contributed by atoms with Crippen molar-refractivity contribution < 1.29 is 9.53 Å². The molecular weight excluding hydrogens is 248 g/mol. The van der Waals surface area contributed by atoms with Gasteiger partial charge in [-0.1, -0.05) is 12.1 Å². The van der Waals surface area contributed by atoms with Crippen molar-refractivity contribution in [3.8, 4) is 0 Å². The summed E-state index contributed by atoms with van der Waals surface area (Å²) in [5.41, 5.74) is 6.55. The van der Waals surface area contributed by atoms with E-state index in [1.807, 2.05) is 24.3 Å². The third-order valence-corrected chi connectivity index (χ3v) is 3.95. The van der Waals surface area contributed by atoms with Gasteiger partial charge in [0.1, 0.15) is 0 Å². The molecule has 98 valence electrons. The number of hydrogen-bond acceptors (Lipinski definition) is 4. The minimum atomic E-state index is 0.0650. The molecule has 0 radical (unpaired) electrons. The van der Waals surface area contributed by atoms with Crippen LogP contribution in [0.3, 0.4) is 0 Å². The Morgan fingerprint density at radius 2 is 2.11 bits per heavy atom. The van der Waals surface area contributed by atoms with Gasteiger partial charge in [0.2, 0.25) is 5.91 Å². The molecule has 1 saturated heterocycles. The number of ether oxygens (including phenoxy) is 1. The van der Waals surface area contributed by atoms with Crippen LogP contribution in [0.4, 0.5) is 5.69 Å². The van der Waals surface area contributed by atoms with Crippen LogP contribution in [0.2, 0.25) is 0 Å². The van der Waals surface area contributed by atoms with Crippen LogP contribution < -0.4 is 11.1 Å². The first kappa shape index (κ1) is 13.2. The first-order valence-electron chi connectivity index (χ1n) is 6.10. The fourth-order valence-electron chi connectivity index (χ4n) is 1.87. The summed E-state index contributed by atoms with van der Waals surface area (Å²) < 4.78 is 5.25. The highest BCUT2D eigenvalue weighted by Crippen LogP contribution is 2.24. The first-order chi connectivity index (χ1) is 8.75. The van der Waals surface area contributed by atoms with E-state index < -0.39 is 0 Å². The number of thioether (sulfide) groups is 1. The third-order valence-electron chi connectivity index (χ3n) is 2.86. The van der Waals surface area contributed by atoms with Gasteiger partial charge in [0.05, 0.1) is 5.75 Å². The first-order valence-corrected chi connectivity index (χ1v) is 7.08. The highest BCUT2D eigenvalue weighted by atomic mass is 32.2. The summed E-state index contributed by atoms with van der Waals surface area (Å²) in [5.74, 6) is 0.473. The number of carbonyl (C=O) groups is 1. The van der Waals surface area contributed by atoms with Gasteiger partial charge in [-0.3, -0.25) is 4.79 Å². The van der Waals surface area contributed by atoms with Crippen molar-refractivity contribution in [2.24, 2.45) is 0 Å². The van der Waals surface area contributed by atoms with E-state index in [0.29, 0.717) is 5.75 Å². The standard InChI is InChI=1S/C13H18N2O2S/c14-11-3-1-2-4-12(11)18-9-13(16)15-10-5-7-17-8-6-10/h1-4,10H,5-9,14H2,(H,15,16). The molecule has 5 heteroatoms. The number of amides is 1. The second-order valence-electron chi connectivity index (χ2n) is 4.28. The van der Waals surface area contributed by atoms with Crippen molar-refractivity contribution in [3.63, 3.8) is 0 Å². The van der Waals surface area contributed by atoms with Crippen LogP contribution in [0.5, 0.6) is 0 Å². The predicted molar refractivity (Wildman–Crippen MR) is 73.6 cm³/mol. The maximum absolute atomic E-state index is 11.8. The van der Waals surface area contributed by atoms with Gasteiger partial charge >= 0.3 is 0 Å². The molecule has 0 atom stereocenters. The van der Waals surface area contributed by atoms with E-state index in [1.165, 1.54) is 11.8 Å². The van der Waals surface area contributed by atoms with Gasteiger partial charge in [0.15, 0.2) is 0 Å². The van der Waals surface area contributed by atoms with Gasteiger partial charge in [-0.25, -0.2) is 0 Å². The van der Waals surface area contributed by atoms with Crippen LogP contribution in [0.15, 0.2) is 29.2 Å². The molecule has 0 saturated carbocycles. The van der Waals surface area contributed by atoms with Gasteiger partial charge in [-0.05, 0) is 25.0 Å². The average molecular weight is 266 g/mol. The molecule has 3 N–H and O–H groups in total. The van der Waals surface area contributed by atoms with Crippen molar-refractivity contribution in [1.82, 2.24) is 5.32 Å². The van der Waals surface area contributed by atoms with Crippen molar-refractivity contribution in [3.05, 3.63) is 24.3 Å². The molecule has 1 amide bonds. The Balaban J connectivity index is 1.76. The summed E-state index contributed by atoms with van der Waals surface area (Å²) in [4.78, 5) is 12.7. The van der Waals surface area contributed by atoms with Gasteiger partial charge in [-0.2, -0.15) is 0 Å². The van der Waals surface area contributed by atoms with E-state index in [4.69, 9.17) is 10.5 Å². The number of nitrogens with two attached hydrogens (primary N) is 1. The van der Waals surface area contributed by atoms with E-state index in [0.717, 1.165) is 36.6 Å².